The van der Waals surface area contributed by atoms with Crippen LogP contribution in [0.15, 0.2) is 133 Å². The fraction of sp³-hybridized carbons (Fsp3) is 0. The van der Waals surface area contributed by atoms with E-state index in [1.807, 2.05) is 22.7 Å². The van der Waals surface area contributed by atoms with Gasteiger partial charge in [0.25, 0.3) is 0 Å². The van der Waals surface area contributed by atoms with E-state index in [0.29, 0.717) is 0 Å². The van der Waals surface area contributed by atoms with E-state index in [1.54, 1.807) is 0 Å². The minimum absolute atomic E-state index is 1.24. The maximum absolute atomic E-state index is 2.40. The molecule has 0 aliphatic rings. The molecule has 0 saturated heterocycles. The van der Waals surface area contributed by atoms with Crippen molar-refractivity contribution in [2.45, 2.75) is 0 Å². The highest BCUT2D eigenvalue weighted by Gasteiger charge is 2.14. The molecule has 9 aromatic rings. The molecule has 0 saturated carbocycles. The SMILES string of the molecule is c1cc(-c2ccc3c4ccccc4c4ccccc4c3c2)cc(-c2ccc3sc4sc5ccccc5c4c3c2)c1. The molecule has 40 heavy (non-hydrogen) atoms. The predicted octanol–water partition coefficient (Wildman–Crippen LogP) is 12.1. The van der Waals surface area contributed by atoms with Crippen molar-refractivity contribution in [3.05, 3.63) is 133 Å². The Morgan fingerprint density at radius 2 is 0.775 bits per heavy atom. The molecule has 0 aliphatic carbocycles. The monoisotopic (exact) mass is 542 g/mol. The third-order valence-electron chi connectivity index (χ3n) is 8.29. The molecule has 186 valence electrons. The van der Waals surface area contributed by atoms with E-state index in [1.165, 1.54) is 84.1 Å². The molecule has 2 heterocycles. The first-order valence-corrected chi connectivity index (χ1v) is 15.2. The first-order valence-electron chi connectivity index (χ1n) is 13.6. The van der Waals surface area contributed by atoms with Crippen LogP contribution in [0.1, 0.15) is 0 Å². The first kappa shape index (κ1) is 22.3. The van der Waals surface area contributed by atoms with Gasteiger partial charge in [0.2, 0.25) is 0 Å². The molecule has 0 aliphatic heterocycles. The van der Waals surface area contributed by atoms with Crippen molar-refractivity contribution < 1.29 is 0 Å². The molecular formula is C38H22S2. The number of rotatable bonds is 2. The molecule has 0 nitrogen and oxygen atoms in total. The summed E-state index contributed by atoms with van der Waals surface area (Å²) in [5.41, 5.74) is 5.01. The quantitative estimate of drug-likeness (QED) is 0.191. The second kappa shape index (κ2) is 8.50. The zero-order valence-electron chi connectivity index (χ0n) is 21.5. The van der Waals surface area contributed by atoms with Gasteiger partial charge in [-0.15, -0.1) is 22.7 Å². The third-order valence-corrected chi connectivity index (χ3v) is 10.7. The highest BCUT2D eigenvalue weighted by atomic mass is 32.2. The number of thiophene rings is 2. The number of fused-ring (bicyclic) bond motifs is 11. The van der Waals surface area contributed by atoms with Crippen LogP contribution in [-0.2, 0) is 0 Å². The molecule has 0 fully saturated rings. The summed E-state index contributed by atoms with van der Waals surface area (Å²) in [6.45, 7) is 0. The predicted molar refractivity (Wildman–Crippen MR) is 178 cm³/mol. The van der Waals surface area contributed by atoms with E-state index in [-0.39, 0.29) is 0 Å². The number of hydrogen-bond donors (Lipinski definition) is 0. The normalized spacial score (nSPS) is 12.0. The summed E-state index contributed by atoms with van der Waals surface area (Å²) in [6, 6.07) is 49.3. The Labute approximate surface area is 239 Å². The molecule has 0 radical (unpaired) electrons. The van der Waals surface area contributed by atoms with Gasteiger partial charge in [0.05, 0.1) is 4.01 Å². The number of benzene rings is 7. The summed E-state index contributed by atoms with van der Waals surface area (Å²) in [6.07, 6.45) is 0. The van der Waals surface area contributed by atoms with Crippen molar-refractivity contribution in [1.82, 2.24) is 0 Å². The Hall–Kier alpha value is -4.50. The summed E-state index contributed by atoms with van der Waals surface area (Å²) in [5, 5.41) is 12.0. The van der Waals surface area contributed by atoms with E-state index in [2.05, 4.69) is 133 Å². The van der Waals surface area contributed by atoms with Gasteiger partial charge in [-0.05, 0) is 84.9 Å². The lowest BCUT2D eigenvalue weighted by molar-refractivity contribution is 1.62. The largest absolute Gasteiger partial charge is 0.124 e. The molecule has 2 heteroatoms. The molecular weight excluding hydrogens is 521 g/mol. The molecule has 0 unspecified atom stereocenters. The van der Waals surface area contributed by atoms with Gasteiger partial charge in [0, 0.05) is 25.6 Å². The zero-order chi connectivity index (χ0) is 26.2. The van der Waals surface area contributed by atoms with Crippen LogP contribution in [0, 0.1) is 0 Å². The zero-order valence-corrected chi connectivity index (χ0v) is 23.2. The van der Waals surface area contributed by atoms with Crippen molar-refractivity contribution in [2.75, 3.05) is 0 Å². The third kappa shape index (κ3) is 3.24. The van der Waals surface area contributed by atoms with Gasteiger partial charge >= 0.3 is 0 Å². The molecule has 7 aromatic carbocycles. The second-order valence-electron chi connectivity index (χ2n) is 10.5. The smallest absolute Gasteiger partial charge is 0.0890 e. The van der Waals surface area contributed by atoms with E-state index in [0.717, 1.165) is 0 Å². The van der Waals surface area contributed by atoms with Crippen LogP contribution >= 0.6 is 22.7 Å². The molecule has 0 amide bonds. The Bertz CT molecular complexity index is 2400. The summed E-state index contributed by atoms with van der Waals surface area (Å²) in [7, 11) is 0. The van der Waals surface area contributed by atoms with Gasteiger partial charge in [-0.2, -0.15) is 0 Å². The molecule has 2 aromatic heterocycles. The van der Waals surface area contributed by atoms with Crippen LogP contribution in [0.2, 0.25) is 0 Å². The van der Waals surface area contributed by atoms with Crippen LogP contribution in [0.5, 0.6) is 0 Å². The van der Waals surface area contributed by atoms with Gasteiger partial charge in [0.1, 0.15) is 0 Å². The molecule has 9 rings (SSSR count). The summed E-state index contributed by atoms with van der Waals surface area (Å²) < 4.78 is 4.15. The minimum Gasteiger partial charge on any atom is -0.124 e. The van der Waals surface area contributed by atoms with Crippen LogP contribution in [0.25, 0.3) is 84.1 Å². The summed E-state index contributed by atoms with van der Waals surface area (Å²) in [4.78, 5) is 0. The summed E-state index contributed by atoms with van der Waals surface area (Å²) >= 11 is 3.82. The van der Waals surface area contributed by atoms with Crippen molar-refractivity contribution in [3.8, 4) is 22.3 Å². The standard InChI is InChI=1S/C38H22S2/c1-2-12-29-27(10-1)28-11-3-4-13-30(28)33-21-25(16-18-31(29)33)23-8-7-9-24(20-23)26-17-19-36-34(22-26)37-32-14-5-6-15-35(32)39-38(37)40-36/h1-22H. The number of hydrogen-bond acceptors (Lipinski definition) is 2. The second-order valence-corrected chi connectivity index (χ2v) is 12.9. The van der Waals surface area contributed by atoms with Gasteiger partial charge < -0.3 is 0 Å². The van der Waals surface area contributed by atoms with Crippen LogP contribution in [0.3, 0.4) is 0 Å². The highest BCUT2D eigenvalue weighted by Crippen LogP contribution is 2.45. The van der Waals surface area contributed by atoms with E-state index in [9.17, 15) is 0 Å². The maximum atomic E-state index is 2.40. The average molecular weight is 543 g/mol. The van der Waals surface area contributed by atoms with Crippen molar-refractivity contribution in [2.24, 2.45) is 0 Å². The van der Waals surface area contributed by atoms with Crippen LogP contribution < -0.4 is 0 Å². The van der Waals surface area contributed by atoms with Crippen LogP contribution in [0.4, 0.5) is 0 Å². The van der Waals surface area contributed by atoms with Gasteiger partial charge in [-0.1, -0.05) is 103 Å². The lowest BCUT2D eigenvalue weighted by Crippen LogP contribution is -1.85. The van der Waals surface area contributed by atoms with Gasteiger partial charge in [-0.25, -0.2) is 0 Å². The van der Waals surface area contributed by atoms with Crippen molar-refractivity contribution in [1.29, 1.82) is 0 Å². The van der Waals surface area contributed by atoms with Gasteiger partial charge in [-0.3, -0.25) is 0 Å². The Morgan fingerprint density at radius 1 is 0.300 bits per heavy atom. The molecule has 0 spiro atoms. The molecule has 0 N–H and O–H groups in total. The van der Waals surface area contributed by atoms with Gasteiger partial charge in [0.15, 0.2) is 0 Å². The summed E-state index contributed by atoms with van der Waals surface area (Å²) in [5.74, 6) is 0. The van der Waals surface area contributed by atoms with Crippen LogP contribution in [-0.4, -0.2) is 0 Å². The maximum Gasteiger partial charge on any atom is 0.0890 e. The average Bonchev–Trinajstić information content (AvgIpc) is 3.57. The van der Waals surface area contributed by atoms with E-state index in [4.69, 9.17) is 0 Å². The van der Waals surface area contributed by atoms with Crippen molar-refractivity contribution >= 4 is 84.6 Å². The Balaban J connectivity index is 1.22. The lowest BCUT2D eigenvalue weighted by atomic mass is 9.91. The molecule has 0 bridgehead atoms. The fourth-order valence-electron chi connectivity index (χ4n) is 6.41. The molecule has 0 atom stereocenters. The highest BCUT2D eigenvalue weighted by molar-refractivity contribution is 7.44. The Morgan fingerprint density at radius 3 is 1.45 bits per heavy atom. The topological polar surface area (TPSA) is 0 Å². The van der Waals surface area contributed by atoms with E-state index >= 15 is 0 Å². The minimum atomic E-state index is 1.24. The first-order chi connectivity index (χ1) is 19.8. The fourth-order valence-corrected chi connectivity index (χ4v) is 8.99. The lowest BCUT2D eigenvalue weighted by Gasteiger charge is -2.12. The van der Waals surface area contributed by atoms with E-state index < -0.39 is 0 Å². The van der Waals surface area contributed by atoms with Crippen molar-refractivity contribution in [3.63, 3.8) is 0 Å². The Kier molecular flexibility index (Phi) is 4.74.